The summed E-state index contributed by atoms with van der Waals surface area (Å²) in [4.78, 5) is -0.114. The third kappa shape index (κ3) is 3.48. The fraction of sp³-hybridized carbons (Fsp3) is 0.500. The lowest BCUT2D eigenvalue weighted by Gasteiger charge is -2.12. The van der Waals surface area contributed by atoms with E-state index >= 15 is 0 Å². The minimum Gasteiger partial charge on any atom is -0.327 e. The van der Waals surface area contributed by atoms with E-state index in [0.717, 1.165) is 37.1 Å². The molecular formula is C12H14F3NO2S. The topological polar surface area (TPSA) is 60.2 Å². The second kappa shape index (κ2) is 4.79. The molecule has 0 spiro atoms. The van der Waals surface area contributed by atoms with Crippen LogP contribution in [0.15, 0.2) is 29.2 Å². The lowest BCUT2D eigenvalue weighted by Crippen LogP contribution is -2.31. The highest BCUT2D eigenvalue weighted by Gasteiger charge is 2.33. The van der Waals surface area contributed by atoms with Crippen molar-refractivity contribution in [1.29, 1.82) is 0 Å². The standard InChI is InChI=1S/C12H14F3NO2S/c13-12(14,15)9-3-5-10(6-4-9)19(17,18)7-11(16)8-1-2-8/h3-6,8,11H,1-2,7,16H2. The van der Waals surface area contributed by atoms with Crippen molar-refractivity contribution in [3.63, 3.8) is 0 Å². The molecule has 0 aromatic heterocycles. The van der Waals surface area contributed by atoms with Gasteiger partial charge < -0.3 is 5.73 Å². The van der Waals surface area contributed by atoms with Crippen molar-refractivity contribution in [3.05, 3.63) is 29.8 Å². The number of nitrogens with two attached hydrogens (primary N) is 1. The molecule has 0 saturated heterocycles. The van der Waals surface area contributed by atoms with Gasteiger partial charge in [0.05, 0.1) is 16.2 Å². The average Bonchev–Trinajstić information content (AvgIpc) is 3.11. The monoisotopic (exact) mass is 293 g/mol. The molecule has 1 aliphatic carbocycles. The summed E-state index contributed by atoms with van der Waals surface area (Å²) in [5.41, 5.74) is 4.88. The van der Waals surface area contributed by atoms with Crippen LogP contribution < -0.4 is 5.73 Å². The van der Waals surface area contributed by atoms with Crippen LogP contribution in [-0.2, 0) is 16.0 Å². The van der Waals surface area contributed by atoms with Gasteiger partial charge >= 0.3 is 6.18 Å². The summed E-state index contributed by atoms with van der Waals surface area (Å²) in [7, 11) is -3.62. The van der Waals surface area contributed by atoms with Gasteiger partial charge in [-0.1, -0.05) is 0 Å². The van der Waals surface area contributed by atoms with Crippen molar-refractivity contribution >= 4 is 9.84 Å². The normalized spacial score (nSPS) is 18.3. The van der Waals surface area contributed by atoms with Gasteiger partial charge in [0.15, 0.2) is 9.84 Å². The fourth-order valence-electron chi connectivity index (χ4n) is 1.86. The second-order valence-corrected chi connectivity index (χ2v) is 6.84. The highest BCUT2D eigenvalue weighted by Crippen LogP contribution is 2.33. The van der Waals surface area contributed by atoms with Crippen LogP contribution in [0.1, 0.15) is 18.4 Å². The Balaban J connectivity index is 2.16. The molecule has 0 heterocycles. The highest BCUT2D eigenvalue weighted by atomic mass is 32.2. The largest absolute Gasteiger partial charge is 0.416 e. The van der Waals surface area contributed by atoms with Gasteiger partial charge in [0.2, 0.25) is 0 Å². The zero-order valence-corrected chi connectivity index (χ0v) is 10.8. The molecule has 1 saturated carbocycles. The molecule has 0 bridgehead atoms. The number of sulfone groups is 1. The Morgan fingerprint density at radius 2 is 1.74 bits per heavy atom. The molecule has 106 valence electrons. The maximum absolute atomic E-state index is 12.4. The van der Waals surface area contributed by atoms with E-state index in [2.05, 4.69) is 0 Å². The van der Waals surface area contributed by atoms with Crippen LogP contribution in [0.2, 0.25) is 0 Å². The Bertz CT molecular complexity index is 547. The highest BCUT2D eigenvalue weighted by molar-refractivity contribution is 7.91. The molecule has 1 aromatic carbocycles. The molecule has 1 fully saturated rings. The van der Waals surface area contributed by atoms with Crippen LogP contribution in [0.4, 0.5) is 13.2 Å². The Morgan fingerprint density at radius 3 is 2.16 bits per heavy atom. The summed E-state index contributed by atoms with van der Waals surface area (Å²) in [6, 6.07) is 3.08. The Morgan fingerprint density at radius 1 is 1.21 bits per heavy atom. The van der Waals surface area contributed by atoms with Crippen molar-refractivity contribution in [2.75, 3.05) is 5.75 Å². The third-order valence-electron chi connectivity index (χ3n) is 3.18. The van der Waals surface area contributed by atoms with Crippen molar-refractivity contribution in [2.45, 2.75) is 30.0 Å². The fourth-order valence-corrected chi connectivity index (χ4v) is 3.38. The molecule has 2 rings (SSSR count). The van der Waals surface area contributed by atoms with Gasteiger partial charge in [-0.2, -0.15) is 13.2 Å². The molecule has 1 unspecified atom stereocenters. The SMILES string of the molecule is NC(CS(=O)(=O)c1ccc(C(F)(F)F)cc1)C1CC1. The average molecular weight is 293 g/mol. The van der Waals surface area contributed by atoms with Crippen LogP contribution in [0, 0.1) is 5.92 Å². The van der Waals surface area contributed by atoms with E-state index in [9.17, 15) is 21.6 Å². The van der Waals surface area contributed by atoms with Crippen LogP contribution in [0.25, 0.3) is 0 Å². The lowest BCUT2D eigenvalue weighted by molar-refractivity contribution is -0.137. The van der Waals surface area contributed by atoms with Crippen molar-refractivity contribution < 1.29 is 21.6 Å². The summed E-state index contributed by atoms with van der Waals surface area (Å²) in [6.07, 6.45) is -2.62. The molecular weight excluding hydrogens is 279 g/mol. The van der Waals surface area contributed by atoms with Crippen molar-refractivity contribution in [2.24, 2.45) is 11.7 Å². The van der Waals surface area contributed by atoms with E-state index in [1.165, 1.54) is 0 Å². The molecule has 1 aliphatic rings. The molecule has 3 nitrogen and oxygen atoms in total. The second-order valence-electron chi connectivity index (χ2n) is 4.80. The maximum atomic E-state index is 12.4. The summed E-state index contributed by atoms with van der Waals surface area (Å²) in [6.45, 7) is 0. The molecule has 1 atom stereocenters. The maximum Gasteiger partial charge on any atom is 0.416 e. The van der Waals surface area contributed by atoms with Gasteiger partial charge in [-0.05, 0) is 43.0 Å². The van der Waals surface area contributed by atoms with Crippen LogP contribution in [0.5, 0.6) is 0 Å². The predicted octanol–water partition coefficient (Wildman–Crippen LogP) is 2.22. The number of alkyl halides is 3. The zero-order valence-electron chi connectivity index (χ0n) is 10.0. The third-order valence-corrected chi connectivity index (χ3v) is 4.99. The predicted molar refractivity (Wildman–Crippen MR) is 64.2 cm³/mol. The molecule has 2 N–H and O–H groups in total. The van der Waals surface area contributed by atoms with Gasteiger partial charge in [0, 0.05) is 6.04 Å². The van der Waals surface area contributed by atoms with Crippen molar-refractivity contribution in [1.82, 2.24) is 0 Å². The minimum absolute atomic E-state index is 0.114. The molecule has 19 heavy (non-hydrogen) atoms. The van der Waals surface area contributed by atoms with E-state index in [1.54, 1.807) is 0 Å². The Labute approximate surface area is 109 Å². The summed E-state index contributed by atoms with van der Waals surface area (Å²) in [5, 5.41) is 0. The lowest BCUT2D eigenvalue weighted by atomic mass is 10.2. The van der Waals surface area contributed by atoms with E-state index < -0.39 is 27.6 Å². The number of hydrogen-bond donors (Lipinski definition) is 1. The van der Waals surface area contributed by atoms with Gasteiger partial charge in [0.1, 0.15) is 0 Å². The first kappa shape index (κ1) is 14.3. The van der Waals surface area contributed by atoms with Crippen LogP contribution >= 0.6 is 0 Å². The summed E-state index contributed by atoms with van der Waals surface area (Å²) < 4.78 is 61.1. The smallest absolute Gasteiger partial charge is 0.327 e. The number of hydrogen-bond acceptors (Lipinski definition) is 3. The van der Waals surface area contributed by atoms with Gasteiger partial charge in [-0.3, -0.25) is 0 Å². The van der Waals surface area contributed by atoms with E-state index in [0.29, 0.717) is 0 Å². The number of rotatable bonds is 4. The molecule has 0 amide bonds. The van der Waals surface area contributed by atoms with Gasteiger partial charge in [-0.25, -0.2) is 8.42 Å². The first-order valence-electron chi connectivity index (χ1n) is 5.86. The molecule has 1 aromatic rings. The van der Waals surface area contributed by atoms with Crippen LogP contribution in [-0.4, -0.2) is 20.2 Å². The van der Waals surface area contributed by atoms with Gasteiger partial charge in [0.25, 0.3) is 0 Å². The van der Waals surface area contributed by atoms with Crippen molar-refractivity contribution in [3.8, 4) is 0 Å². The molecule has 0 radical (unpaired) electrons. The quantitative estimate of drug-likeness (QED) is 0.926. The van der Waals surface area contributed by atoms with Crippen LogP contribution in [0.3, 0.4) is 0 Å². The Kier molecular flexibility index (Phi) is 3.61. The zero-order chi connectivity index (χ0) is 14.3. The number of halogens is 3. The van der Waals surface area contributed by atoms with Gasteiger partial charge in [-0.15, -0.1) is 0 Å². The summed E-state index contributed by atoms with van der Waals surface area (Å²) >= 11 is 0. The van der Waals surface area contributed by atoms with E-state index in [1.807, 2.05) is 0 Å². The number of benzene rings is 1. The minimum atomic E-state index is -4.47. The molecule has 7 heteroatoms. The first-order valence-corrected chi connectivity index (χ1v) is 7.51. The Hall–Kier alpha value is -1.08. The summed E-state index contributed by atoms with van der Waals surface area (Å²) in [5.74, 6) is 0.00692. The first-order chi connectivity index (χ1) is 8.70. The van der Waals surface area contributed by atoms with E-state index in [-0.39, 0.29) is 16.6 Å². The van der Waals surface area contributed by atoms with E-state index in [4.69, 9.17) is 5.73 Å². The molecule has 0 aliphatic heterocycles.